The summed E-state index contributed by atoms with van der Waals surface area (Å²) in [5.41, 5.74) is 2.32. The topological polar surface area (TPSA) is 85.3 Å². The Morgan fingerprint density at radius 3 is 2.56 bits per heavy atom. The van der Waals surface area contributed by atoms with E-state index in [1.54, 1.807) is 6.26 Å². The first-order valence-electron chi connectivity index (χ1n) is 12.8. The number of ketones is 1. The number of aromatic nitrogens is 2. The molecule has 1 saturated carbocycles. The predicted molar refractivity (Wildman–Crippen MR) is 132 cm³/mol. The maximum atomic E-state index is 13.1. The summed E-state index contributed by atoms with van der Waals surface area (Å²) in [6, 6.07) is 9.77. The molecule has 1 aromatic carbocycles. The molecule has 0 unspecified atom stereocenters. The quantitative estimate of drug-likeness (QED) is 0.315. The first kappa shape index (κ1) is 24.2. The van der Waals surface area contributed by atoms with Gasteiger partial charge in [-0.3, -0.25) is 9.59 Å². The molecule has 1 N–H and O–H groups in total. The molecule has 182 valence electrons. The number of aliphatic carboxylic acids is 1. The van der Waals surface area contributed by atoms with Gasteiger partial charge in [-0.25, -0.2) is 4.98 Å². The van der Waals surface area contributed by atoms with E-state index in [1.807, 2.05) is 30.3 Å². The Hall–Kier alpha value is -2.89. The van der Waals surface area contributed by atoms with Crippen molar-refractivity contribution in [3.63, 3.8) is 0 Å². The maximum Gasteiger partial charge on any atom is 0.306 e. The van der Waals surface area contributed by atoms with Crippen molar-refractivity contribution in [3.8, 4) is 0 Å². The summed E-state index contributed by atoms with van der Waals surface area (Å²) >= 11 is 0. The number of carboxylic acids is 1. The number of Topliss-reactive ketones (excluding diaryl/α,β-unsaturated/α-hetero) is 1. The van der Waals surface area contributed by atoms with Gasteiger partial charge in [-0.1, -0.05) is 46.0 Å². The Morgan fingerprint density at radius 1 is 1.15 bits per heavy atom. The van der Waals surface area contributed by atoms with Crippen molar-refractivity contribution in [1.82, 2.24) is 9.55 Å². The van der Waals surface area contributed by atoms with E-state index in [-0.39, 0.29) is 12.2 Å². The van der Waals surface area contributed by atoms with Crippen LogP contribution >= 0.6 is 0 Å². The zero-order chi connectivity index (χ0) is 24.1. The third-order valence-corrected chi connectivity index (χ3v) is 7.43. The van der Waals surface area contributed by atoms with Crippen LogP contribution in [0.5, 0.6) is 0 Å². The number of furan rings is 1. The first-order valence-corrected chi connectivity index (χ1v) is 12.8. The van der Waals surface area contributed by atoms with Gasteiger partial charge in [0.2, 0.25) is 0 Å². The van der Waals surface area contributed by atoms with Crippen molar-refractivity contribution in [2.75, 3.05) is 0 Å². The highest BCUT2D eigenvalue weighted by Crippen LogP contribution is 2.32. The fraction of sp³-hybridized carbons (Fsp3) is 0.536. The van der Waals surface area contributed by atoms with Crippen molar-refractivity contribution in [2.45, 2.75) is 84.1 Å². The molecule has 0 saturated heterocycles. The zero-order valence-corrected chi connectivity index (χ0v) is 20.3. The number of carbonyl (C=O) groups is 2. The van der Waals surface area contributed by atoms with E-state index in [1.165, 1.54) is 19.3 Å². The summed E-state index contributed by atoms with van der Waals surface area (Å²) in [7, 11) is 0. The van der Waals surface area contributed by atoms with Gasteiger partial charge in [0.15, 0.2) is 5.78 Å². The predicted octanol–water partition coefficient (Wildman–Crippen LogP) is 6.83. The van der Waals surface area contributed by atoms with Crippen molar-refractivity contribution in [1.29, 1.82) is 0 Å². The number of hydrogen-bond acceptors (Lipinski definition) is 4. The number of nitrogens with zero attached hydrogens (tertiary/aromatic N) is 2. The van der Waals surface area contributed by atoms with Crippen LogP contribution < -0.4 is 0 Å². The molecule has 1 atom stereocenters. The van der Waals surface area contributed by atoms with Gasteiger partial charge in [0, 0.05) is 18.0 Å². The van der Waals surface area contributed by atoms with Gasteiger partial charge in [0.25, 0.3) is 0 Å². The first-order chi connectivity index (χ1) is 16.5. The number of fused-ring (bicyclic) bond motifs is 1. The third-order valence-electron chi connectivity index (χ3n) is 7.43. The van der Waals surface area contributed by atoms with Gasteiger partial charge in [-0.2, -0.15) is 0 Å². The highest BCUT2D eigenvalue weighted by molar-refractivity contribution is 6.00. The summed E-state index contributed by atoms with van der Waals surface area (Å²) < 4.78 is 7.84. The lowest BCUT2D eigenvalue weighted by atomic mass is 9.81. The van der Waals surface area contributed by atoms with E-state index in [0.717, 1.165) is 48.3 Å². The van der Waals surface area contributed by atoms with Gasteiger partial charge in [0.05, 0.1) is 29.6 Å². The summed E-state index contributed by atoms with van der Waals surface area (Å²) in [5, 5.41) is 9.77. The average Bonchev–Trinajstić information content (AvgIpc) is 3.48. The van der Waals surface area contributed by atoms with Gasteiger partial charge >= 0.3 is 5.97 Å². The Bertz CT molecular complexity index is 1110. The number of rotatable bonds is 11. The van der Waals surface area contributed by atoms with Crippen molar-refractivity contribution >= 4 is 22.8 Å². The molecular formula is C28H36N2O4. The fourth-order valence-electron chi connectivity index (χ4n) is 5.52. The molecule has 4 rings (SSSR count). The van der Waals surface area contributed by atoms with E-state index < -0.39 is 11.9 Å². The highest BCUT2D eigenvalue weighted by atomic mass is 16.4. The molecule has 0 bridgehead atoms. The van der Waals surface area contributed by atoms with Crippen molar-refractivity contribution < 1.29 is 19.1 Å². The van der Waals surface area contributed by atoms with E-state index in [9.17, 15) is 14.7 Å². The van der Waals surface area contributed by atoms with Crippen molar-refractivity contribution in [3.05, 3.63) is 53.7 Å². The molecule has 0 aliphatic heterocycles. The van der Waals surface area contributed by atoms with Gasteiger partial charge in [-0.05, 0) is 55.5 Å². The second-order valence-corrected chi connectivity index (χ2v) is 9.73. The second kappa shape index (κ2) is 11.0. The minimum absolute atomic E-state index is 0.0455. The lowest BCUT2D eigenvalue weighted by molar-refractivity contribution is -0.142. The molecule has 6 heteroatoms. The van der Waals surface area contributed by atoms with Crippen LogP contribution in [-0.2, 0) is 11.2 Å². The molecule has 3 aromatic rings. The lowest BCUT2D eigenvalue weighted by Gasteiger charge is -2.24. The summed E-state index contributed by atoms with van der Waals surface area (Å²) in [6.45, 7) is 4.35. The molecule has 6 nitrogen and oxygen atoms in total. The van der Waals surface area contributed by atoms with E-state index >= 15 is 0 Å². The largest absolute Gasteiger partial charge is 0.481 e. The number of benzene rings is 1. The minimum atomic E-state index is -0.862. The Morgan fingerprint density at radius 2 is 1.91 bits per heavy atom. The van der Waals surface area contributed by atoms with E-state index in [0.29, 0.717) is 30.4 Å². The number of imidazole rings is 1. The van der Waals surface area contributed by atoms with Gasteiger partial charge < -0.3 is 14.1 Å². The standard InChI is InChI=1S/C28H36N2O4/c1-3-22(4-2)30-25-13-12-20(16-24(25)29-27(30)18-23-11-8-14-34-23)26(31)17-21(28(32)33)15-19-9-6-5-7-10-19/h8,11-14,16,19,21-22H,3-7,9-10,15,17-18H2,1-2H3,(H,32,33)/t21-/m1/s1. The SMILES string of the molecule is CCC(CC)n1c(Cc2ccco2)nc2cc(C(=O)C[C@@H](CC3CCCCC3)C(=O)O)ccc21. The molecule has 0 amide bonds. The maximum absolute atomic E-state index is 13.1. The van der Waals surface area contributed by atoms with Gasteiger partial charge in [0.1, 0.15) is 11.6 Å². The van der Waals surface area contributed by atoms with E-state index in [2.05, 4.69) is 18.4 Å². The molecule has 2 heterocycles. The van der Waals surface area contributed by atoms with Crippen LogP contribution in [0.3, 0.4) is 0 Å². The van der Waals surface area contributed by atoms with Crippen LogP contribution in [0.1, 0.15) is 99.6 Å². The highest BCUT2D eigenvalue weighted by Gasteiger charge is 2.27. The van der Waals surface area contributed by atoms with Crippen LogP contribution in [0.2, 0.25) is 0 Å². The summed E-state index contributed by atoms with van der Waals surface area (Å²) in [5.74, 6) is 0.594. The number of carboxylic acid groups (broad SMARTS) is 1. The van der Waals surface area contributed by atoms with Crippen LogP contribution in [-0.4, -0.2) is 26.4 Å². The van der Waals surface area contributed by atoms with Crippen molar-refractivity contribution in [2.24, 2.45) is 11.8 Å². The smallest absolute Gasteiger partial charge is 0.306 e. The Labute approximate surface area is 201 Å². The normalized spacial score (nSPS) is 15.7. The number of carbonyl (C=O) groups excluding carboxylic acids is 1. The second-order valence-electron chi connectivity index (χ2n) is 9.73. The lowest BCUT2D eigenvalue weighted by Crippen LogP contribution is -2.22. The summed E-state index contributed by atoms with van der Waals surface area (Å²) in [4.78, 5) is 29.9. The molecule has 34 heavy (non-hydrogen) atoms. The average molecular weight is 465 g/mol. The monoisotopic (exact) mass is 464 g/mol. The van der Waals surface area contributed by atoms with Crippen LogP contribution in [0.4, 0.5) is 0 Å². The Kier molecular flexibility index (Phi) is 7.86. The van der Waals surface area contributed by atoms with Gasteiger partial charge in [-0.15, -0.1) is 0 Å². The minimum Gasteiger partial charge on any atom is -0.481 e. The molecule has 2 aromatic heterocycles. The fourth-order valence-corrected chi connectivity index (χ4v) is 5.52. The zero-order valence-electron chi connectivity index (χ0n) is 20.3. The van der Waals surface area contributed by atoms with E-state index in [4.69, 9.17) is 9.40 Å². The summed E-state index contributed by atoms with van der Waals surface area (Å²) in [6.07, 6.45) is 10.6. The van der Waals surface area contributed by atoms with Crippen LogP contribution in [0.15, 0.2) is 41.0 Å². The molecule has 1 aliphatic carbocycles. The van der Waals surface area contributed by atoms with Crippen LogP contribution in [0.25, 0.3) is 11.0 Å². The third kappa shape index (κ3) is 5.43. The van der Waals surface area contributed by atoms with Crippen LogP contribution in [0, 0.1) is 11.8 Å². The molecule has 1 fully saturated rings. The Balaban J connectivity index is 1.59. The molecule has 0 radical (unpaired) electrons. The molecule has 1 aliphatic rings. The molecule has 0 spiro atoms. The number of hydrogen-bond donors (Lipinski definition) is 1. The molecular weight excluding hydrogens is 428 g/mol.